The molecule has 6 nitrogen and oxygen atoms in total. The first-order chi connectivity index (χ1) is 12.1. The molecule has 2 aromatic rings. The van der Waals surface area contributed by atoms with Crippen LogP contribution >= 0.6 is 11.6 Å². The van der Waals surface area contributed by atoms with Crippen molar-refractivity contribution in [2.24, 2.45) is 5.92 Å². The minimum absolute atomic E-state index is 0.0731. The molecule has 1 aromatic carbocycles. The molecule has 0 saturated heterocycles. The fraction of sp³-hybridized carbons (Fsp3) is 0.389. The third-order valence-corrected chi connectivity index (χ3v) is 4.37. The van der Waals surface area contributed by atoms with Gasteiger partial charge in [-0.2, -0.15) is 0 Å². The van der Waals surface area contributed by atoms with Gasteiger partial charge >= 0.3 is 5.97 Å². The van der Waals surface area contributed by atoms with E-state index < -0.39 is 5.97 Å². The highest BCUT2D eigenvalue weighted by molar-refractivity contribution is 6.30. The summed E-state index contributed by atoms with van der Waals surface area (Å²) in [5.74, 6) is 1.01. The fourth-order valence-corrected chi connectivity index (χ4v) is 2.67. The number of hydrogen-bond acceptors (Lipinski definition) is 5. The van der Waals surface area contributed by atoms with E-state index in [1.807, 2.05) is 30.0 Å². The molecule has 1 heterocycles. The highest BCUT2D eigenvalue weighted by Gasteiger charge is 2.22. The largest absolute Gasteiger partial charge is 0.493 e. The summed E-state index contributed by atoms with van der Waals surface area (Å²) in [7, 11) is 0. The van der Waals surface area contributed by atoms with E-state index in [2.05, 4.69) is 10.2 Å². The summed E-state index contributed by atoms with van der Waals surface area (Å²) in [5.41, 5.74) is 0.898. The van der Waals surface area contributed by atoms with Crippen LogP contribution in [-0.2, 0) is 6.54 Å². The van der Waals surface area contributed by atoms with Crippen molar-refractivity contribution < 1.29 is 14.6 Å². The van der Waals surface area contributed by atoms with Crippen LogP contribution in [0.5, 0.6) is 5.75 Å². The number of nitrogens with zero attached hydrogens (tertiary/aromatic N) is 3. The van der Waals surface area contributed by atoms with E-state index in [1.54, 1.807) is 6.07 Å². The molecule has 1 aliphatic carbocycles. The number of halogens is 1. The minimum Gasteiger partial charge on any atom is -0.493 e. The molecule has 7 heteroatoms. The average molecular weight is 362 g/mol. The van der Waals surface area contributed by atoms with E-state index in [4.69, 9.17) is 21.4 Å². The lowest BCUT2D eigenvalue weighted by Crippen LogP contribution is -2.24. The number of aromatic carboxylic acids is 1. The van der Waals surface area contributed by atoms with Gasteiger partial charge < -0.3 is 14.7 Å². The Balaban J connectivity index is 1.77. The molecule has 0 unspecified atom stereocenters. The fourth-order valence-electron chi connectivity index (χ4n) is 2.47. The van der Waals surface area contributed by atoms with Crippen LogP contribution < -0.4 is 9.64 Å². The molecule has 0 radical (unpaired) electrons. The van der Waals surface area contributed by atoms with Gasteiger partial charge in [-0.25, -0.2) is 4.79 Å². The van der Waals surface area contributed by atoms with Crippen molar-refractivity contribution >= 4 is 23.4 Å². The standard InChI is InChI=1S/C18H20ClN3O3/c1-2-22(17-8-6-15(18(23)24)20-21-17)10-13-9-14(19)5-7-16(13)25-11-12-3-4-12/h5-9,12H,2-4,10-11H2,1H3,(H,23,24). The Kier molecular flexibility index (Phi) is 5.38. The lowest BCUT2D eigenvalue weighted by molar-refractivity contribution is 0.0689. The van der Waals surface area contributed by atoms with Gasteiger partial charge in [0.25, 0.3) is 0 Å². The lowest BCUT2D eigenvalue weighted by atomic mass is 10.2. The van der Waals surface area contributed by atoms with E-state index in [1.165, 1.54) is 18.9 Å². The third kappa shape index (κ3) is 4.60. The van der Waals surface area contributed by atoms with E-state index in [0.717, 1.165) is 17.9 Å². The van der Waals surface area contributed by atoms with Crippen molar-refractivity contribution in [2.75, 3.05) is 18.1 Å². The number of aromatic nitrogens is 2. The van der Waals surface area contributed by atoms with Crippen molar-refractivity contribution in [1.82, 2.24) is 10.2 Å². The van der Waals surface area contributed by atoms with E-state index in [9.17, 15) is 4.79 Å². The van der Waals surface area contributed by atoms with Crippen LogP contribution in [0.1, 0.15) is 35.8 Å². The Morgan fingerprint density at radius 3 is 2.72 bits per heavy atom. The van der Waals surface area contributed by atoms with Crippen LogP contribution in [0.25, 0.3) is 0 Å². The second kappa shape index (κ2) is 7.70. The van der Waals surface area contributed by atoms with Gasteiger partial charge in [-0.1, -0.05) is 11.6 Å². The Morgan fingerprint density at radius 2 is 2.12 bits per heavy atom. The Hall–Kier alpha value is -2.34. The molecule has 1 N–H and O–H groups in total. The number of ether oxygens (including phenoxy) is 1. The molecule has 132 valence electrons. The smallest absolute Gasteiger partial charge is 0.356 e. The highest BCUT2D eigenvalue weighted by Crippen LogP contribution is 2.31. The molecule has 0 atom stereocenters. The van der Waals surface area contributed by atoms with Crippen molar-refractivity contribution in [2.45, 2.75) is 26.3 Å². The quantitative estimate of drug-likeness (QED) is 0.773. The van der Waals surface area contributed by atoms with Gasteiger partial charge in [0.05, 0.1) is 6.61 Å². The third-order valence-electron chi connectivity index (χ3n) is 4.13. The number of rotatable bonds is 8. The zero-order valence-corrected chi connectivity index (χ0v) is 14.7. The predicted octanol–water partition coefficient (Wildman–Crippen LogP) is 3.64. The lowest BCUT2D eigenvalue weighted by Gasteiger charge is -2.23. The summed E-state index contributed by atoms with van der Waals surface area (Å²) in [5, 5.41) is 17.4. The second-order valence-corrected chi connectivity index (χ2v) is 6.54. The molecule has 1 aliphatic rings. The van der Waals surface area contributed by atoms with Crippen molar-refractivity contribution in [3.63, 3.8) is 0 Å². The highest BCUT2D eigenvalue weighted by atomic mass is 35.5. The van der Waals surface area contributed by atoms with Crippen LogP contribution in [0.3, 0.4) is 0 Å². The number of benzene rings is 1. The van der Waals surface area contributed by atoms with Crippen molar-refractivity contribution in [1.29, 1.82) is 0 Å². The topological polar surface area (TPSA) is 75.5 Å². The van der Waals surface area contributed by atoms with Gasteiger partial charge in [0, 0.05) is 23.7 Å². The molecular formula is C18H20ClN3O3. The molecule has 1 aromatic heterocycles. The molecule has 1 fully saturated rings. The summed E-state index contributed by atoms with van der Waals surface area (Å²) in [6.07, 6.45) is 2.46. The SMILES string of the molecule is CCN(Cc1cc(Cl)ccc1OCC1CC1)c1ccc(C(=O)O)nn1. The van der Waals surface area contributed by atoms with Crippen LogP contribution in [0.4, 0.5) is 5.82 Å². The maximum Gasteiger partial charge on any atom is 0.356 e. The minimum atomic E-state index is -1.09. The summed E-state index contributed by atoms with van der Waals surface area (Å²) < 4.78 is 5.95. The maximum absolute atomic E-state index is 10.9. The summed E-state index contributed by atoms with van der Waals surface area (Å²) >= 11 is 6.15. The Bertz CT molecular complexity index is 748. The molecule has 0 spiro atoms. The van der Waals surface area contributed by atoms with Crippen molar-refractivity contribution in [3.05, 3.63) is 46.6 Å². The molecule has 0 amide bonds. The molecule has 0 bridgehead atoms. The second-order valence-electron chi connectivity index (χ2n) is 6.10. The maximum atomic E-state index is 10.9. The number of carboxylic acids is 1. The van der Waals surface area contributed by atoms with E-state index in [-0.39, 0.29) is 5.69 Å². The van der Waals surface area contributed by atoms with Gasteiger partial charge in [0.1, 0.15) is 5.75 Å². The molecule has 3 rings (SSSR count). The summed E-state index contributed by atoms with van der Waals surface area (Å²) in [6, 6.07) is 8.73. The Morgan fingerprint density at radius 1 is 1.32 bits per heavy atom. The van der Waals surface area contributed by atoms with Gasteiger partial charge in [-0.15, -0.1) is 10.2 Å². The van der Waals surface area contributed by atoms with E-state index >= 15 is 0 Å². The van der Waals surface area contributed by atoms with Gasteiger partial charge in [-0.05, 0) is 56.0 Å². The first kappa shape index (κ1) is 17.5. The van der Waals surface area contributed by atoms with Crippen LogP contribution in [0, 0.1) is 5.92 Å². The van der Waals surface area contributed by atoms with Crippen LogP contribution in [0.2, 0.25) is 5.02 Å². The average Bonchev–Trinajstić information content (AvgIpc) is 3.43. The normalized spacial score (nSPS) is 13.5. The number of anilines is 1. The molecular weight excluding hydrogens is 342 g/mol. The number of carboxylic acid groups (broad SMARTS) is 1. The van der Waals surface area contributed by atoms with Gasteiger partial charge in [0.15, 0.2) is 11.5 Å². The first-order valence-corrected chi connectivity index (χ1v) is 8.67. The predicted molar refractivity (Wildman–Crippen MR) is 95.4 cm³/mol. The summed E-state index contributed by atoms with van der Waals surface area (Å²) in [6.45, 7) is 3.98. The number of carbonyl (C=O) groups is 1. The van der Waals surface area contributed by atoms with Gasteiger partial charge in [0.2, 0.25) is 0 Å². The summed E-state index contributed by atoms with van der Waals surface area (Å²) in [4.78, 5) is 12.9. The Labute approximate surface area is 151 Å². The van der Waals surface area contributed by atoms with Crippen LogP contribution in [0.15, 0.2) is 30.3 Å². The van der Waals surface area contributed by atoms with E-state index in [0.29, 0.717) is 29.8 Å². The molecule has 25 heavy (non-hydrogen) atoms. The van der Waals surface area contributed by atoms with Crippen LogP contribution in [-0.4, -0.2) is 34.4 Å². The molecule has 0 aliphatic heterocycles. The monoisotopic (exact) mass is 361 g/mol. The molecule has 1 saturated carbocycles. The number of hydrogen-bond donors (Lipinski definition) is 1. The zero-order valence-electron chi connectivity index (χ0n) is 14.0. The first-order valence-electron chi connectivity index (χ1n) is 8.30. The zero-order chi connectivity index (χ0) is 17.8. The van der Waals surface area contributed by atoms with Crippen molar-refractivity contribution in [3.8, 4) is 5.75 Å². The van der Waals surface area contributed by atoms with Gasteiger partial charge in [-0.3, -0.25) is 0 Å².